The average Bonchev–Trinajstić information content (AvgIpc) is 2.69. The molecule has 6 nitrogen and oxygen atoms in total. The van der Waals surface area contributed by atoms with Gasteiger partial charge in [0.05, 0.1) is 19.8 Å². The Hall–Kier alpha value is -2.73. The second-order valence-corrected chi connectivity index (χ2v) is 6.70. The molecule has 2 aromatic carbocycles. The molecule has 0 atom stereocenters. The molecule has 2 rings (SSSR count). The number of amides is 1. The maximum absolute atomic E-state index is 12.2. The van der Waals surface area contributed by atoms with Crippen molar-refractivity contribution in [1.82, 2.24) is 0 Å². The van der Waals surface area contributed by atoms with Gasteiger partial charge in [-0.1, -0.05) is 19.9 Å². The lowest BCUT2D eigenvalue weighted by molar-refractivity contribution is -0.114. The molecule has 2 aromatic rings. The smallest absolute Gasteiger partial charge is 0.243 e. The SMILES string of the molecule is CCOCCOc1cccc(NCC(=O)Nc2ccc(OCC(C)C)cc2)c1. The Morgan fingerprint density at radius 2 is 1.75 bits per heavy atom. The third-order valence-corrected chi connectivity index (χ3v) is 3.71. The minimum atomic E-state index is -0.126. The van der Waals surface area contributed by atoms with Gasteiger partial charge in [0.1, 0.15) is 18.1 Å². The van der Waals surface area contributed by atoms with Crippen molar-refractivity contribution in [2.24, 2.45) is 5.92 Å². The van der Waals surface area contributed by atoms with Gasteiger partial charge in [0, 0.05) is 24.0 Å². The van der Waals surface area contributed by atoms with Crippen LogP contribution in [0, 0.1) is 5.92 Å². The van der Waals surface area contributed by atoms with Gasteiger partial charge in [-0.05, 0) is 49.2 Å². The first-order valence-electron chi connectivity index (χ1n) is 9.64. The minimum Gasteiger partial charge on any atom is -0.493 e. The van der Waals surface area contributed by atoms with Crippen molar-refractivity contribution in [2.45, 2.75) is 20.8 Å². The van der Waals surface area contributed by atoms with E-state index in [0.29, 0.717) is 32.3 Å². The number of benzene rings is 2. The summed E-state index contributed by atoms with van der Waals surface area (Å²) in [5, 5.41) is 5.97. The van der Waals surface area contributed by atoms with Gasteiger partial charge in [0.15, 0.2) is 0 Å². The standard InChI is InChI=1S/C22H30N2O4/c1-4-26-12-13-27-21-7-5-6-19(14-21)23-15-22(25)24-18-8-10-20(11-9-18)28-16-17(2)3/h5-11,14,17,23H,4,12-13,15-16H2,1-3H3,(H,24,25). The van der Waals surface area contributed by atoms with Crippen LogP contribution in [-0.4, -0.2) is 38.9 Å². The zero-order valence-corrected chi connectivity index (χ0v) is 16.9. The highest BCUT2D eigenvalue weighted by molar-refractivity contribution is 5.93. The van der Waals surface area contributed by atoms with Gasteiger partial charge in [0.2, 0.25) is 5.91 Å². The van der Waals surface area contributed by atoms with E-state index in [-0.39, 0.29) is 12.5 Å². The van der Waals surface area contributed by atoms with Crippen LogP contribution in [0.4, 0.5) is 11.4 Å². The second-order valence-electron chi connectivity index (χ2n) is 6.70. The number of hydrogen-bond donors (Lipinski definition) is 2. The number of nitrogens with one attached hydrogen (secondary N) is 2. The number of anilines is 2. The fourth-order valence-corrected chi connectivity index (χ4v) is 2.34. The Balaban J connectivity index is 1.76. The zero-order chi connectivity index (χ0) is 20.2. The van der Waals surface area contributed by atoms with Crippen LogP contribution in [0.2, 0.25) is 0 Å². The number of rotatable bonds is 12. The van der Waals surface area contributed by atoms with E-state index < -0.39 is 0 Å². The third-order valence-electron chi connectivity index (χ3n) is 3.71. The molecule has 28 heavy (non-hydrogen) atoms. The molecule has 0 saturated carbocycles. The summed E-state index contributed by atoms with van der Waals surface area (Å²) in [5.74, 6) is 1.88. The number of hydrogen-bond acceptors (Lipinski definition) is 5. The van der Waals surface area contributed by atoms with E-state index in [9.17, 15) is 4.79 Å². The summed E-state index contributed by atoms with van der Waals surface area (Å²) in [6.45, 7) is 8.71. The highest BCUT2D eigenvalue weighted by atomic mass is 16.5. The molecule has 0 unspecified atom stereocenters. The van der Waals surface area contributed by atoms with Crippen LogP contribution in [0.1, 0.15) is 20.8 Å². The van der Waals surface area contributed by atoms with Crippen LogP contribution in [0.3, 0.4) is 0 Å². The normalized spacial score (nSPS) is 10.6. The summed E-state index contributed by atoms with van der Waals surface area (Å²) in [6.07, 6.45) is 0. The van der Waals surface area contributed by atoms with Crippen LogP contribution < -0.4 is 20.1 Å². The van der Waals surface area contributed by atoms with Crippen molar-refractivity contribution in [3.8, 4) is 11.5 Å². The summed E-state index contributed by atoms with van der Waals surface area (Å²) < 4.78 is 16.5. The molecule has 1 amide bonds. The molecule has 0 heterocycles. The van der Waals surface area contributed by atoms with E-state index in [1.54, 1.807) is 0 Å². The topological polar surface area (TPSA) is 68.8 Å². The van der Waals surface area contributed by atoms with E-state index >= 15 is 0 Å². The Bertz CT molecular complexity index is 717. The van der Waals surface area contributed by atoms with Crippen LogP contribution in [-0.2, 0) is 9.53 Å². The average molecular weight is 386 g/mol. The molecule has 0 aliphatic heterocycles. The summed E-state index contributed by atoms with van der Waals surface area (Å²) in [7, 11) is 0. The molecule has 0 saturated heterocycles. The Morgan fingerprint density at radius 1 is 0.964 bits per heavy atom. The summed E-state index contributed by atoms with van der Waals surface area (Å²) >= 11 is 0. The van der Waals surface area contributed by atoms with Gasteiger partial charge in [-0.3, -0.25) is 4.79 Å². The van der Waals surface area contributed by atoms with Crippen molar-refractivity contribution in [2.75, 3.05) is 43.6 Å². The number of ether oxygens (including phenoxy) is 3. The lowest BCUT2D eigenvalue weighted by Gasteiger charge is -2.11. The van der Waals surface area contributed by atoms with E-state index in [2.05, 4.69) is 24.5 Å². The fraction of sp³-hybridized carbons (Fsp3) is 0.409. The summed E-state index contributed by atoms with van der Waals surface area (Å²) in [4.78, 5) is 12.2. The van der Waals surface area contributed by atoms with E-state index in [1.807, 2.05) is 55.5 Å². The first-order chi connectivity index (χ1) is 13.6. The first kappa shape index (κ1) is 21.6. The van der Waals surface area contributed by atoms with E-state index in [4.69, 9.17) is 14.2 Å². The molecule has 152 valence electrons. The Morgan fingerprint density at radius 3 is 2.46 bits per heavy atom. The van der Waals surface area contributed by atoms with Crippen molar-refractivity contribution in [3.05, 3.63) is 48.5 Å². The molecule has 0 spiro atoms. The van der Waals surface area contributed by atoms with Gasteiger partial charge in [-0.25, -0.2) is 0 Å². The van der Waals surface area contributed by atoms with Crippen molar-refractivity contribution < 1.29 is 19.0 Å². The minimum absolute atomic E-state index is 0.126. The second kappa shape index (κ2) is 11.9. The molecule has 0 aliphatic carbocycles. The van der Waals surface area contributed by atoms with Gasteiger partial charge in [0.25, 0.3) is 0 Å². The van der Waals surface area contributed by atoms with Crippen LogP contribution in [0.25, 0.3) is 0 Å². The number of carbonyl (C=O) groups excluding carboxylic acids is 1. The molecule has 0 radical (unpaired) electrons. The van der Waals surface area contributed by atoms with Crippen LogP contribution in [0.15, 0.2) is 48.5 Å². The molecular formula is C22H30N2O4. The Kier molecular flexibility index (Phi) is 9.15. The maximum atomic E-state index is 12.2. The molecule has 6 heteroatoms. The summed E-state index contributed by atoms with van der Waals surface area (Å²) in [6, 6.07) is 14.9. The van der Waals surface area contributed by atoms with E-state index in [0.717, 1.165) is 22.9 Å². The molecule has 0 aliphatic rings. The molecule has 0 aromatic heterocycles. The molecule has 2 N–H and O–H groups in total. The Labute approximate surface area is 167 Å². The summed E-state index contributed by atoms with van der Waals surface area (Å²) in [5.41, 5.74) is 1.55. The van der Waals surface area contributed by atoms with Gasteiger partial charge >= 0.3 is 0 Å². The largest absolute Gasteiger partial charge is 0.493 e. The van der Waals surface area contributed by atoms with Gasteiger partial charge < -0.3 is 24.8 Å². The van der Waals surface area contributed by atoms with E-state index in [1.165, 1.54) is 0 Å². The first-order valence-corrected chi connectivity index (χ1v) is 9.64. The fourth-order valence-electron chi connectivity index (χ4n) is 2.34. The lowest BCUT2D eigenvalue weighted by Crippen LogP contribution is -2.21. The maximum Gasteiger partial charge on any atom is 0.243 e. The predicted molar refractivity (Wildman–Crippen MR) is 112 cm³/mol. The number of carbonyl (C=O) groups is 1. The highest BCUT2D eigenvalue weighted by Gasteiger charge is 2.04. The van der Waals surface area contributed by atoms with Crippen molar-refractivity contribution >= 4 is 17.3 Å². The van der Waals surface area contributed by atoms with Crippen LogP contribution >= 0.6 is 0 Å². The zero-order valence-electron chi connectivity index (χ0n) is 16.9. The third kappa shape index (κ3) is 8.31. The monoisotopic (exact) mass is 386 g/mol. The van der Waals surface area contributed by atoms with Crippen LogP contribution in [0.5, 0.6) is 11.5 Å². The van der Waals surface area contributed by atoms with Gasteiger partial charge in [-0.15, -0.1) is 0 Å². The quantitative estimate of drug-likeness (QED) is 0.536. The predicted octanol–water partition coefficient (Wildman–Crippen LogP) is 4.19. The molecular weight excluding hydrogens is 356 g/mol. The van der Waals surface area contributed by atoms with Crippen molar-refractivity contribution in [1.29, 1.82) is 0 Å². The lowest BCUT2D eigenvalue weighted by atomic mass is 10.2. The highest BCUT2D eigenvalue weighted by Crippen LogP contribution is 2.18. The molecule has 0 fully saturated rings. The van der Waals surface area contributed by atoms with Gasteiger partial charge in [-0.2, -0.15) is 0 Å². The van der Waals surface area contributed by atoms with Crippen molar-refractivity contribution in [3.63, 3.8) is 0 Å². The molecule has 0 bridgehead atoms.